The number of para-hydroxylation sites is 1. The van der Waals surface area contributed by atoms with Crippen molar-refractivity contribution < 1.29 is 0 Å². The Morgan fingerprint density at radius 2 is 2.22 bits per heavy atom. The molecule has 1 aliphatic rings. The molecule has 0 aliphatic carbocycles. The average molecular weight is 243 g/mol. The second kappa shape index (κ2) is 4.82. The quantitative estimate of drug-likeness (QED) is 0.769. The van der Waals surface area contributed by atoms with Crippen molar-refractivity contribution in [2.75, 3.05) is 18.4 Å². The fourth-order valence-electron chi connectivity index (χ4n) is 2.51. The largest absolute Gasteiger partial charge is 0.383 e. The number of hydrogen-bond acceptors (Lipinski definition) is 3. The van der Waals surface area contributed by atoms with Crippen LogP contribution in [0.25, 0.3) is 10.9 Å². The highest BCUT2D eigenvalue weighted by atomic mass is 16.1. The topological polar surface area (TPSA) is 56.9 Å². The van der Waals surface area contributed by atoms with Gasteiger partial charge in [-0.15, -0.1) is 0 Å². The van der Waals surface area contributed by atoms with Gasteiger partial charge in [0.1, 0.15) is 0 Å². The van der Waals surface area contributed by atoms with Gasteiger partial charge < -0.3 is 15.6 Å². The van der Waals surface area contributed by atoms with Crippen LogP contribution in [0.3, 0.4) is 0 Å². The summed E-state index contributed by atoms with van der Waals surface area (Å²) in [4.78, 5) is 14.4. The van der Waals surface area contributed by atoms with Gasteiger partial charge in [0.15, 0.2) is 0 Å². The van der Waals surface area contributed by atoms with Gasteiger partial charge >= 0.3 is 0 Å². The van der Waals surface area contributed by atoms with Gasteiger partial charge in [-0.05, 0) is 25.5 Å². The SMILES string of the molecule is O=c1cc(NC[C@@H]2CCCN2)c2ccccc2[nH]1. The van der Waals surface area contributed by atoms with Crippen LogP contribution in [0.4, 0.5) is 5.69 Å². The molecule has 1 fully saturated rings. The smallest absolute Gasteiger partial charge is 0.250 e. The van der Waals surface area contributed by atoms with Crippen molar-refractivity contribution >= 4 is 16.6 Å². The molecule has 4 heteroatoms. The summed E-state index contributed by atoms with van der Waals surface area (Å²) in [6.07, 6.45) is 2.44. The molecule has 3 rings (SSSR count). The summed E-state index contributed by atoms with van der Waals surface area (Å²) in [6.45, 7) is 1.97. The Labute approximate surface area is 105 Å². The second-order valence-corrected chi connectivity index (χ2v) is 4.77. The second-order valence-electron chi connectivity index (χ2n) is 4.77. The van der Waals surface area contributed by atoms with E-state index in [4.69, 9.17) is 0 Å². The van der Waals surface area contributed by atoms with E-state index in [1.165, 1.54) is 12.8 Å². The third kappa shape index (κ3) is 2.24. The van der Waals surface area contributed by atoms with E-state index in [1.807, 2.05) is 24.3 Å². The number of aromatic nitrogens is 1. The van der Waals surface area contributed by atoms with Crippen LogP contribution in [0.15, 0.2) is 35.1 Å². The first-order valence-corrected chi connectivity index (χ1v) is 6.42. The molecule has 0 saturated carbocycles. The molecule has 1 aromatic carbocycles. The van der Waals surface area contributed by atoms with Gasteiger partial charge in [0.25, 0.3) is 0 Å². The van der Waals surface area contributed by atoms with E-state index >= 15 is 0 Å². The lowest BCUT2D eigenvalue weighted by Crippen LogP contribution is -2.29. The molecule has 18 heavy (non-hydrogen) atoms. The number of anilines is 1. The standard InChI is InChI=1S/C14H17N3O/c18-14-8-13(16-9-10-4-3-7-15-10)11-5-1-2-6-12(11)17-14/h1-2,5-6,8,10,15H,3-4,7,9H2,(H2,16,17,18)/t10-/m0/s1. The molecular formula is C14H17N3O. The lowest BCUT2D eigenvalue weighted by atomic mass is 10.1. The lowest BCUT2D eigenvalue weighted by Gasteiger charge is -2.14. The Morgan fingerprint density at radius 1 is 1.33 bits per heavy atom. The summed E-state index contributed by atoms with van der Waals surface area (Å²) in [7, 11) is 0. The predicted molar refractivity (Wildman–Crippen MR) is 74.1 cm³/mol. The van der Waals surface area contributed by atoms with Crippen LogP contribution >= 0.6 is 0 Å². The maximum Gasteiger partial charge on any atom is 0.250 e. The number of hydrogen-bond donors (Lipinski definition) is 3. The Morgan fingerprint density at radius 3 is 3.06 bits per heavy atom. The van der Waals surface area contributed by atoms with Crippen molar-refractivity contribution in [3.8, 4) is 0 Å². The van der Waals surface area contributed by atoms with Gasteiger partial charge in [-0.3, -0.25) is 4.79 Å². The highest BCUT2D eigenvalue weighted by Crippen LogP contribution is 2.19. The van der Waals surface area contributed by atoms with Crippen LogP contribution in [0.1, 0.15) is 12.8 Å². The summed E-state index contributed by atoms with van der Waals surface area (Å²) in [5.41, 5.74) is 1.74. The van der Waals surface area contributed by atoms with Gasteiger partial charge in [-0.1, -0.05) is 18.2 Å². The number of nitrogens with one attached hydrogen (secondary N) is 3. The lowest BCUT2D eigenvalue weighted by molar-refractivity contribution is 0.634. The molecule has 1 atom stereocenters. The molecule has 4 nitrogen and oxygen atoms in total. The van der Waals surface area contributed by atoms with Gasteiger partial charge in [0.05, 0.1) is 5.52 Å². The molecule has 3 N–H and O–H groups in total. The summed E-state index contributed by atoms with van der Waals surface area (Å²) in [5, 5.41) is 7.89. The zero-order valence-corrected chi connectivity index (χ0v) is 10.2. The fourth-order valence-corrected chi connectivity index (χ4v) is 2.51. The Balaban J connectivity index is 1.88. The van der Waals surface area contributed by atoms with Gasteiger partial charge in [-0.25, -0.2) is 0 Å². The highest BCUT2D eigenvalue weighted by Gasteiger charge is 2.13. The van der Waals surface area contributed by atoms with Crippen molar-refractivity contribution in [3.63, 3.8) is 0 Å². The summed E-state index contributed by atoms with van der Waals surface area (Å²) in [5.74, 6) is 0. The first-order valence-electron chi connectivity index (χ1n) is 6.42. The zero-order valence-electron chi connectivity index (χ0n) is 10.2. The molecule has 94 valence electrons. The summed E-state index contributed by atoms with van der Waals surface area (Å²) < 4.78 is 0. The number of fused-ring (bicyclic) bond motifs is 1. The van der Waals surface area contributed by atoms with Crippen LogP contribution in [-0.2, 0) is 0 Å². The number of benzene rings is 1. The first-order chi connectivity index (χ1) is 8.83. The van der Waals surface area contributed by atoms with Gasteiger partial charge in [0.2, 0.25) is 5.56 Å². The molecular weight excluding hydrogens is 226 g/mol. The Bertz CT molecular complexity index is 599. The van der Waals surface area contributed by atoms with Crippen molar-refractivity contribution in [2.45, 2.75) is 18.9 Å². The molecule has 1 aliphatic heterocycles. The van der Waals surface area contributed by atoms with E-state index in [2.05, 4.69) is 15.6 Å². The monoisotopic (exact) mass is 243 g/mol. The van der Waals surface area contributed by atoms with E-state index in [9.17, 15) is 4.79 Å². The molecule has 0 spiro atoms. The third-order valence-electron chi connectivity index (χ3n) is 3.45. The Hall–Kier alpha value is -1.81. The van der Waals surface area contributed by atoms with E-state index in [1.54, 1.807) is 6.07 Å². The van der Waals surface area contributed by atoms with E-state index in [0.717, 1.165) is 29.7 Å². The minimum Gasteiger partial charge on any atom is -0.383 e. The van der Waals surface area contributed by atoms with Crippen LogP contribution in [0, 0.1) is 0 Å². The van der Waals surface area contributed by atoms with Crippen LogP contribution < -0.4 is 16.2 Å². The maximum absolute atomic E-state index is 11.6. The zero-order chi connectivity index (χ0) is 12.4. The molecule has 2 heterocycles. The van der Waals surface area contributed by atoms with Crippen molar-refractivity contribution in [1.29, 1.82) is 0 Å². The minimum absolute atomic E-state index is 0.0596. The van der Waals surface area contributed by atoms with E-state index in [0.29, 0.717) is 6.04 Å². The molecule has 1 saturated heterocycles. The number of pyridine rings is 1. The minimum atomic E-state index is -0.0596. The number of aromatic amines is 1. The van der Waals surface area contributed by atoms with Crippen molar-refractivity contribution in [3.05, 3.63) is 40.7 Å². The summed E-state index contributed by atoms with van der Waals surface area (Å²) in [6, 6.07) is 10.0. The fraction of sp³-hybridized carbons (Fsp3) is 0.357. The molecule has 2 aromatic rings. The van der Waals surface area contributed by atoms with Gasteiger partial charge in [-0.2, -0.15) is 0 Å². The highest BCUT2D eigenvalue weighted by molar-refractivity contribution is 5.90. The third-order valence-corrected chi connectivity index (χ3v) is 3.45. The predicted octanol–water partition coefficient (Wildman–Crippen LogP) is 1.69. The van der Waals surface area contributed by atoms with E-state index < -0.39 is 0 Å². The normalized spacial score (nSPS) is 19.2. The molecule has 0 unspecified atom stereocenters. The number of H-pyrrole nitrogens is 1. The van der Waals surface area contributed by atoms with Crippen molar-refractivity contribution in [1.82, 2.24) is 10.3 Å². The van der Waals surface area contributed by atoms with Crippen LogP contribution in [0.5, 0.6) is 0 Å². The van der Waals surface area contributed by atoms with Crippen LogP contribution in [-0.4, -0.2) is 24.1 Å². The summed E-state index contributed by atoms with van der Waals surface area (Å²) >= 11 is 0. The molecule has 0 amide bonds. The number of rotatable bonds is 3. The molecule has 1 aromatic heterocycles. The molecule has 0 radical (unpaired) electrons. The van der Waals surface area contributed by atoms with Gasteiger partial charge in [0, 0.05) is 29.7 Å². The average Bonchev–Trinajstić information content (AvgIpc) is 2.89. The molecule has 0 bridgehead atoms. The van der Waals surface area contributed by atoms with E-state index in [-0.39, 0.29) is 5.56 Å². The Kier molecular flexibility index (Phi) is 3.02. The first kappa shape index (κ1) is 11.3. The van der Waals surface area contributed by atoms with Crippen molar-refractivity contribution in [2.24, 2.45) is 0 Å². The van der Waals surface area contributed by atoms with Crippen LogP contribution in [0.2, 0.25) is 0 Å². The maximum atomic E-state index is 11.6.